The summed E-state index contributed by atoms with van der Waals surface area (Å²) in [5.41, 5.74) is 1.91. The molecule has 290 valence electrons. The summed E-state index contributed by atoms with van der Waals surface area (Å²) in [4.78, 5) is 12.1. The third-order valence-electron chi connectivity index (χ3n) is 9.23. The Kier molecular flexibility index (Phi) is 13.3. The number of benzene rings is 4. The van der Waals surface area contributed by atoms with Crippen LogP contribution in [0, 0.1) is 18.8 Å². The molecule has 0 aromatic heterocycles. The van der Waals surface area contributed by atoms with Crippen LogP contribution in [0.25, 0.3) is 0 Å². The SMILES string of the molecule is COc1ccc(CN(Cc2ccc(OC)cc2)S(=O)(=O)c2ccc(N(CC(C)C)S(=O)(=O)c3ccc(OCC4CCOCC4)c(C(=O)O)c3)c(C)c2)cc1. The quantitative estimate of drug-likeness (QED) is 0.122. The zero-order chi connectivity index (χ0) is 39.0. The molecule has 0 spiro atoms. The summed E-state index contributed by atoms with van der Waals surface area (Å²) >= 11 is 0. The van der Waals surface area contributed by atoms with E-state index in [0.717, 1.165) is 30.0 Å². The lowest BCUT2D eigenvalue weighted by Gasteiger charge is -2.29. The van der Waals surface area contributed by atoms with Crippen LogP contribution in [0.3, 0.4) is 0 Å². The van der Waals surface area contributed by atoms with Crippen LogP contribution in [-0.4, -0.2) is 72.8 Å². The van der Waals surface area contributed by atoms with Crippen molar-refractivity contribution in [2.75, 3.05) is 44.9 Å². The molecule has 0 bridgehead atoms. The van der Waals surface area contributed by atoms with E-state index in [1.54, 1.807) is 69.7 Å². The van der Waals surface area contributed by atoms with Gasteiger partial charge in [0, 0.05) is 32.8 Å². The third kappa shape index (κ3) is 9.72. The van der Waals surface area contributed by atoms with Gasteiger partial charge in [-0.25, -0.2) is 21.6 Å². The van der Waals surface area contributed by atoms with E-state index in [2.05, 4.69) is 0 Å². The molecule has 1 saturated heterocycles. The number of aromatic carboxylic acids is 1. The van der Waals surface area contributed by atoms with E-state index >= 15 is 0 Å². The number of carboxylic acid groups (broad SMARTS) is 1. The molecular formula is C40H48N2O10S2. The number of hydrogen-bond acceptors (Lipinski definition) is 9. The minimum atomic E-state index is -4.32. The van der Waals surface area contributed by atoms with Crippen molar-refractivity contribution in [1.29, 1.82) is 0 Å². The molecule has 0 amide bonds. The number of hydrogen-bond donors (Lipinski definition) is 1. The molecule has 54 heavy (non-hydrogen) atoms. The van der Waals surface area contributed by atoms with Crippen LogP contribution in [-0.2, 0) is 37.9 Å². The highest BCUT2D eigenvalue weighted by molar-refractivity contribution is 7.92. The topological polar surface area (TPSA) is 149 Å². The van der Waals surface area contributed by atoms with E-state index in [9.17, 15) is 26.7 Å². The van der Waals surface area contributed by atoms with Gasteiger partial charge >= 0.3 is 5.97 Å². The number of methoxy groups -OCH3 is 2. The average molecular weight is 781 g/mol. The fraction of sp³-hybridized carbons (Fsp3) is 0.375. The summed E-state index contributed by atoms with van der Waals surface area (Å²) in [5, 5.41) is 10.0. The van der Waals surface area contributed by atoms with E-state index in [1.807, 2.05) is 13.8 Å². The first-order chi connectivity index (χ1) is 25.7. The Morgan fingerprint density at radius 2 is 1.33 bits per heavy atom. The van der Waals surface area contributed by atoms with Gasteiger partial charge in [-0.2, -0.15) is 4.31 Å². The molecule has 0 unspecified atom stereocenters. The number of sulfonamides is 2. The Bertz CT molecular complexity index is 2070. The van der Waals surface area contributed by atoms with Crippen LogP contribution in [0.15, 0.2) is 94.7 Å². The third-order valence-corrected chi connectivity index (χ3v) is 12.8. The van der Waals surface area contributed by atoms with E-state index < -0.39 is 26.0 Å². The molecule has 0 aliphatic carbocycles. The van der Waals surface area contributed by atoms with Crippen molar-refractivity contribution in [2.24, 2.45) is 11.8 Å². The average Bonchev–Trinajstić information content (AvgIpc) is 3.16. The fourth-order valence-corrected chi connectivity index (χ4v) is 9.40. The number of carbonyl (C=O) groups is 1. The molecule has 1 fully saturated rings. The van der Waals surface area contributed by atoms with Gasteiger partial charge in [-0.05, 0) is 109 Å². The first-order valence-electron chi connectivity index (χ1n) is 17.7. The highest BCUT2D eigenvalue weighted by Gasteiger charge is 2.31. The second-order valence-corrected chi connectivity index (χ2v) is 17.5. The van der Waals surface area contributed by atoms with Crippen LogP contribution in [0.1, 0.15) is 53.7 Å². The lowest BCUT2D eigenvalue weighted by atomic mass is 10.0. The number of anilines is 1. The van der Waals surface area contributed by atoms with Crippen molar-refractivity contribution in [3.8, 4) is 17.2 Å². The molecule has 0 radical (unpaired) electrons. The summed E-state index contributed by atoms with van der Waals surface area (Å²) < 4.78 is 81.8. The highest BCUT2D eigenvalue weighted by atomic mass is 32.2. The van der Waals surface area contributed by atoms with Crippen molar-refractivity contribution in [3.63, 3.8) is 0 Å². The van der Waals surface area contributed by atoms with Crippen LogP contribution >= 0.6 is 0 Å². The minimum Gasteiger partial charge on any atom is -0.497 e. The molecule has 1 N–H and O–H groups in total. The lowest BCUT2D eigenvalue weighted by Crippen LogP contribution is -2.35. The molecule has 1 aliphatic heterocycles. The highest BCUT2D eigenvalue weighted by Crippen LogP contribution is 2.33. The second-order valence-electron chi connectivity index (χ2n) is 13.7. The van der Waals surface area contributed by atoms with Gasteiger partial charge in [0.05, 0.1) is 36.3 Å². The molecule has 1 heterocycles. The molecule has 1 aliphatic rings. The first-order valence-corrected chi connectivity index (χ1v) is 20.6. The molecule has 14 heteroatoms. The molecule has 4 aromatic carbocycles. The van der Waals surface area contributed by atoms with E-state index in [-0.39, 0.29) is 58.3 Å². The van der Waals surface area contributed by atoms with Crippen molar-refractivity contribution >= 4 is 31.7 Å². The van der Waals surface area contributed by atoms with Gasteiger partial charge < -0.3 is 24.1 Å². The van der Waals surface area contributed by atoms with E-state index in [1.165, 1.54) is 38.9 Å². The zero-order valence-electron chi connectivity index (χ0n) is 31.2. The van der Waals surface area contributed by atoms with Gasteiger partial charge in [0.15, 0.2) is 0 Å². The van der Waals surface area contributed by atoms with Crippen LogP contribution in [0.2, 0.25) is 0 Å². The van der Waals surface area contributed by atoms with Gasteiger partial charge in [0.25, 0.3) is 10.0 Å². The molecule has 12 nitrogen and oxygen atoms in total. The Labute approximate surface area is 318 Å². The van der Waals surface area contributed by atoms with Crippen molar-refractivity contribution in [3.05, 3.63) is 107 Å². The number of rotatable bonds is 17. The minimum absolute atomic E-state index is 0.00754. The van der Waals surface area contributed by atoms with Crippen molar-refractivity contribution in [2.45, 2.75) is 56.5 Å². The summed E-state index contributed by atoms with van der Waals surface area (Å²) in [6.45, 7) is 7.08. The normalized spacial score (nSPS) is 13.9. The van der Waals surface area contributed by atoms with Crippen LogP contribution in [0.5, 0.6) is 17.2 Å². The lowest BCUT2D eigenvalue weighted by molar-refractivity contribution is 0.0490. The standard InChI is InChI=1S/C40H48N2O10S2/c1-28(2)24-42(54(47,48)36-15-17-39(37(23-36)40(43)44)52-27-32-18-20-51-21-19-32)38-16-14-35(22-29(38)3)53(45,46)41(25-30-6-10-33(49-4)11-7-30)26-31-8-12-34(50-5)13-9-31/h6-17,22-23,28,32H,18-21,24-27H2,1-5H3,(H,43,44). The van der Waals surface area contributed by atoms with Gasteiger partial charge in [0.2, 0.25) is 10.0 Å². The first kappa shape index (κ1) is 40.6. The number of ether oxygens (including phenoxy) is 4. The van der Waals surface area contributed by atoms with Gasteiger partial charge in [-0.1, -0.05) is 38.1 Å². The smallest absolute Gasteiger partial charge is 0.339 e. The number of carboxylic acids is 1. The van der Waals surface area contributed by atoms with Gasteiger partial charge in [-0.3, -0.25) is 4.31 Å². The summed E-state index contributed by atoms with van der Waals surface area (Å²) in [7, 11) is -5.32. The monoisotopic (exact) mass is 780 g/mol. The molecule has 0 atom stereocenters. The van der Waals surface area contributed by atoms with Crippen LogP contribution in [0.4, 0.5) is 5.69 Å². The Morgan fingerprint density at radius 3 is 1.83 bits per heavy atom. The predicted octanol–water partition coefficient (Wildman–Crippen LogP) is 6.76. The zero-order valence-corrected chi connectivity index (χ0v) is 32.9. The maximum absolute atomic E-state index is 14.4. The Morgan fingerprint density at radius 1 is 0.796 bits per heavy atom. The van der Waals surface area contributed by atoms with Gasteiger partial charge in [0.1, 0.15) is 22.8 Å². The predicted molar refractivity (Wildman–Crippen MR) is 205 cm³/mol. The molecule has 0 saturated carbocycles. The molecule has 4 aromatic rings. The second kappa shape index (κ2) is 17.7. The molecular weight excluding hydrogens is 733 g/mol. The van der Waals surface area contributed by atoms with E-state index in [0.29, 0.717) is 36.9 Å². The fourth-order valence-electron chi connectivity index (χ4n) is 6.18. The summed E-state index contributed by atoms with van der Waals surface area (Å²) in [6, 6.07) is 22.5. The number of nitrogens with zero attached hydrogens (tertiary/aromatic N) is 2. The molecule has 5 rings (SSSR count). The summed E-state index contributed by atoms with van der Waals surface area (Å²) in [6.07, 6.45) is 1.59. The maximum Gasteiger partial charge on any atom is 0.339 e. The van der Waals surface area contributed by atoms with Crippen molar-refractivity contribution in [1.82, 2.24) is 4.31 Å². The largest absolute Gasteiger partial charge is 0.497 e. The maximum atomic E-state index is 14.4. The number of aryl methyl sites for hydroxylation is 1. The summed E-state index contributed by atoms with van der Waals surface area (Å²) in [5.74, 6) is 0.131. The van der Waals surface area contributed by atoms with E-state index in [4.69, 9.17) is 18.9 Å². The van der Waals surface area contributed by atoms with Crippen molar-refractivity contribution < 1.29 is 45.7 Å². The van der Waals surface area contributed by atoms with Crippen LogP contribution < -0.4 is 18.5 Å². The Balaban J connectivity index is 1.47. The Hall–Kier alpha value is -4.63. The van der Waals surface area contributed by atoms with Gasteiger partial charge in [-0.15, -0.1) is 0 Å².